The minimum absolute atomic E-state index is 0.139. The van der Waals surface area contributed by atoms with Gasteiger partial charge in [-0.1, -0.05) is 15.9 Å². The Morgan fingerprint density at radius 2 is 2.00 bits per heavy atom. The number of piperidine rings is 1. The van der Waals surface area contributed by atoms with Crippen LogP contribution in [-0.4, -0.2) is 34.0 Å². The number of alkyl halides is 1. The fourth-order valence-corrected chi connectivity index (χ4v) is 2.43. The van der Waals surface area contributed by atoms with Gasteiger partial charge in [-0.15, -0.1) is 0 Å². The molecular formula is C13H20BrN3O. The summed E-state index contributed by atoms with van der Waals surface area (Å²) in [5.41, 5.74) is 0.955. The van der Waals surface area contributed by atoms with Gasteiger partial charge in [0.05, 0.1) is 6.10 Å². The molecule has 0 spiro atoms. The van der Waals surface area contributed by atoms with Crippen LogP contribution in [0.4, 0.5) is 5.95 Å². The molecule has 1 aromatic rings. The lowest BCUT2D eigenvalue weighted by Crippen LogP contribution is -2.35. The Bertz CT molecular complexity index is 403. The van der Waals surface area contributed by atoms with Crippen LogP contribution < -0.4 is 9.64 Å². The summed E-state index contributed by atoms with van der Waals surface area (Å²) in [5.74, 6) is 1.47. The van der Waals surface area contributed by atoms with Crippen molar-refractivity contribution in [3.8, 4) is 5.88 Å². The number of aromatic nitrogens is 2. The number of nitrogens with zero attached hydrogens (tertiary/aromatic N) is 3. The quantitative estimate of drug-likeness (QED) is 0.804. The average Bonchev–Trinajstić information content (AvgIpc) is 2.28. The first kappa shape index (κ1) is 13.6. The van der Waals surface area contributed by atoms with Gasteiger partial charge in [-0.2, -0.15) is 4.98 Å². The molecule has 1 aliphatic heterocycles. The molecule has 2 heterocycles. The minimum atomic E-state index is 0.139. The zero-order valence-corrected chi connectivity index (χ0v) is 12.8. The van der Waals surface area contributed by atoms with Crippen molar-refractivity contribution in [3.63, 3.8) is 0 Å². The molecule has 1 saturated heterocycles. The van der Waals surface area contributed by atoms with E-state index in [-0.39, 0.29) is 6.10 Å². The first-order valence-corrected chi connectivity index (χ1v) is 7.37. The molecule has 4 nitrogen and oxygen atoms in total. The summed E-state index contributed by atoms with van der Waals surface area (Å²) >= 11 is 3.66. The molecule has 0 atom stereocenters. The Balaban J connectivity index is 2.14. The third kappa shape index (κ3) is 3.57. The Labute approximate surface area is 117 Å². The second-order valence-electron chi connectivity index (χ2n) is 4.98. The molecule has 0 amide bonds. The number of rotatable bonds is 3. The van der Waals surface area contributed by atoms with E-state index in [0.29, 0.717) is 10.7 Å². The molecule has 0 unspecified atom stereocenters. The van der Waals surface area contributed by atoms with Crippen molar-refractivity contribution in [3.05, 3.63) is 11.8 Å². The summed E-state index contributed by atoms with van der Waals surface area (Å²) in [6.07, 6.45) is 2.41. The number of ether oxygens (including phenoxy) is 1. The van der Waals surface area contributed by atoms with E-state index in [1.807, 2.05) is 26.8 Å². The van der Waals surface area contributed by atoms with Crippen molar-refractivity contribution in [1.29, 1.82) is 0 Å². The van der Waals surface area contributed by atoms with Crippen LogP contribution in [0.25, 0.3) is 0 Å². The summed E-state index contributed by atoms with van der Waals surface area (Å²) in [6.45, 7) is 8.00. The van der Waals surface area contributed by atoms with Gasteiger partial charge in [0.1, 0.15) is 0 Å². The lowest BCUT2D eigenvalue weighted by atomic mass is 10.1. The van der Waals surface area contributed by atoms with Crippen LogP contribution in [0.5, 0.6) is 5.88 Å². The Hall–Kier alpha value is -0.840. The third-order valence-corrected chi connectivity index (χ3v) is 3.80. The van der Waals surface area contributed by atoms with Crippen LogP contribution in [-0.2, 0) is 0 Å². The molecule has 0 radical (unpaired) electrons. The molecule has 5 heteroatoms. The van der Waals surface area contributed by atoms with Gasteiger partial charge >= 0.3 is 0 Å². The summed E-state index contributed by atoms with van der Waals surface area (Å²) < 4.78 is 5.66. The van der Waals surface area contributed by atoms with Crippen LogP contribution in [0.15, 0.2) is 6.07 Å². The second-order valence-corrected chi connectivity index (χ2v) is 6.27. The molecule has 0 saturated carbocycles. The van der Waals surface area contributed by atoms with Crippen molar-refractivity contribution in [2.45, 2.75) is 44.5 Å². The highest BCUT2D eigenvalue weighted by Crippen LogP contribution is 2.23. The fourth-order valence-electron chi connectivity index (χ4n) is 2.02. The molecule has 0 aromatic carbocycles. The zero-order valence-electron chi connectivity index (χ0n) is 11.2. The smallest absolute Gasteiger partial charge is 0.228 e. The van der Waals surface area contributed by atoms with Gasteiger partial charge in [-0.3, -0.25) is 0 Å². The van der Waals surface area contributed by atoms with Crippen LogP contribution in [0.3, 0.4) is 0 Å². The maximum Gasteiger partial charge on any atom is 0.228 e. The van der Waals surface area contributed by atoms with E-state index in [4.69, 9.17) is 4.74 Å². The van der Waals surface area contributed by atoms with Crippen LogP contribution in [0.2, 0.25) is 0 Å². The van der Waals surface area contributed by atoms with Gasteiger partial charge < -0.3 is 9.64 Å². The largest absolute Gasteiger partial charge is 0.475 e. The predicted octanol–water partition coefficient (Wildman–Crippen LogP) is 2.94. The Morgan fingerprint density at radius 3 is 2.61 bits per heavy atom. The van der Waals surface area contributed by atoms with Gasteiger partial charge in [0.25, 0.3) is 0 Å². The van der Waals surface area contributed by atoms with Gasteiger partial charge in [-0.25, -0.2) is 4.98 Å². The van der Waals surface area contributed by atoms with E-state index in [2.05, 4.69) is 30.8 Å². The van der Waals surface area contributed by atoms with Crippen molar-refractivity contribution in [2.24, 2.45) is 0 Å². The number of aryl methyl sites for hydroxylation is 1. The Morgan fingerprint density at radius 1 is 1.33 bits per heavy atom. The molecule has 2 rings (SSSR count). The van der Waals surface area contributed by atoms with E-state index in [9.17, 15) is 0 Å². The lowest BCUT2D eigenvalue weighted by Gasteiger charge is -2.29. The standard InChI is InChI=1S/C13H20BrN3O/c1-9(2)18-12-8-10(3)15-13(16-12)17-6-4-11(14)5-7-17/h8-9,11H,4-7H2,1-3H3. The Kier molecular flexibility index (Phi) is 4.43. The molecule has 1 aliphatic rings. The number of anilines is 1. The van der Waals surface area contributed by atoms with Crippen molar-refractivity contribution in [1.82, 2.24) is 9.97 Å². The van der Waals surface area contributed by atoms with E-state index in [0.717, 1.165) is 37.6 Å². The molecule has 18 heavy (non-hydrogen) atoms. The number of hydrogen-bond donors (Lipinski definition) is 0. The van der Waals surface area contributed by atoms with Crippen LogP contribution >= 0.6 is 15.9 Å². The van der Waals surface area contributed by atoms with Gasteiger partial charge in [0.2, 0.25) is 11.8 Å². The highest BCUT2D eigenvalue weighted by Gasteiger charge is 2.19. The summed E-state index contributed by atoms with van der Waals surface area (Å²) in [6, 6.07) is 1.89. The normalized spacial score (nSPS) is 17.3. The maximum atomic E-state index is 5.66. The second kappa shape index (κ2) is 5.87. The third-order valence-electron chi connectivity index (χ3n) is 2.88. The highest BCUT2D eigenvalue weighted by atomic mass is 79.9. The SMILES string of the molecule is Cc1cc(OC(C)C)nc(N2CCC(Br)CC2)n1. The van der Waals surface area contributed by atoms with E-state index < -0.39 is 0 Å². The highest BCUT2D eigenvalue weighted by molar-refractivity contribution is 9.09. The molecule has 0 bridgehead atoms. The molecule has 0 N–H and O–H groups in total. The van der Waals surface area contributed by atoms with Gasteiger partial charge in [0, 0.05) is 29.7 Å². The monoisotopic (exact) mass is 313 g/mol. The maximum absolute atomic E-state index is 5.66. The topological polar surface area (TPSA) is 38.2 Å². The first-order chi connectivity index (χ1) is 8.54. The molecule has 1 aromatic heterocycles. The first-order valence-electron chi connectivity index (χ1n) is 6.46. The van der Waals surface area contributed by atoms with Crippen molar-refractivity contribution in [2.75, 3.05) is 18.0 Å². The molecular weight excluding hydrogens is 294 g/mol. The van der Waals surface area contributed by atoms with Crippen molar-refractivity contribution >= 4 is 21.9 Å². The summed E-state index contributed by atoms with van der Waals surface area (Å²) in [5, 5.41) is 0. The summed E-state index contributed by atoms with van der Waals surface area (Å²) in [7, 11) is 0. The fraction of sp³-hybridized carbons (Fsp3) is 0.692. The lowest BCUT2D eigenvalue weighted by molar-refractivity contribution is 0.232. The summed E-state index contributed by atoms with van der Waals surface area (Å²) in [4.78, 5) is 11.9. The molecule has 100 valence electrons. The van der Waals surface area contributed by atoms with E-state index >= 15 is 0 Å². The van der Waals surface area contributed by atoms with Crippen LogP contribution in [0.1, 0.15) is 32.4 Å². The molecule has 0 aliphatic carbocycles. The van der Waals surface area contributed by atoms with E-state index in [1.165, 1.54) is 0 Å². The van der Waals surface area contributed by atoms with Crippen molar-refractivity contribution < 1.29 is 4.74 Å². The van der Waals surface area contributed by atoms with E-state index in [1.54, 1.807) is 0 Å². The van der Waals surface area contributed by atoms with Gasteiger partial charge in [-0.05, 0) is 33.6 Å². The zero-order chi connectivity index (χ0) is 13.1. The van der Waals surface area contributed by atoms with Crippen LogP contribution in [0, 0.1) is 6.92 Å². The number of halogens is 1. The number of hydrogen-bond acceptors (Lipinski definition) is 4. The average molecular weight is 314 g/mol. The molecule has 1 fully saturated rings. The minimum Gasteiger partial charge on any atom is -0.475 e. The predicted molar refractivity (Wildman–Crippen MR) is 76.7 cm³/mol. The van der Waals surface area contributed by atoms with Gasteiger partial charge in [0.15, 0.2) is 0 Å².